The maximum atomic E-state index is 10.9. The predicted octanol–water partition coefficient (Wildman–Crippen LogP) is 0.108. The van der Waals surface area contributed by atoms with Crippen LogP contribution in [0.5, 0.6) is 0 Å². The molecule has 14 heavy (non-hydrogen) atoms. The quantitative estimate of drug-likeness (QED) is 0.405. The number of hydrogen-bond acceptors (Lipinski definition) is 3. The van der Waals surface area contributed by atoms with Gasteiger partial charge in [-0.05, 0) is 12.6 Å². The van der Waals surface area contributed by atoms with Crippen LogP contribution < -0.4 is 11.3 Å². The summed E-state index contributed by atoms with van der Waals surface area (Å²) in [5.41, 5.74) is 3.28. The van der Waals surface area contributed by atoms with Crippen LogP contribution in [0.15, 0.2) is 30.3 Å². The maximum Gasteiger partial charge on any atom is 0.248 e. The Hall–Kier alpha value is -1.39. The van der Waals surface area contributed by atoms with Gasteiger partial charge in [0.2, 0.25) is 5.91 Å². The topological polar surface area (TPSA) is 58.4 Å². The minimum atomic E-state index is -0.177. The Balaban J connectivity index is 2.41. The first-order valence-corrected chi connectivity index (χ1v) is 4.44. The number of carbonyl (C=O) groups excluding carboxylic acids is 1. The van der Waals surface area contributed by atoms with Crippen molar-refractivity contribution in [2.45, 2.75) is 6.54 Å². The first kappa shape index (κ1) is 10.7. The molecule has 0 aliphatic carbocycles. The van der Waals surface area contributed by atoms with Crippen LogP contribution in [0.4, 0.5) is 0 Å². The third-order valence-electron chi connectivity index (χ3n) is 1.87. The molecule has 0 radical (unpaired) electrons. The number of nitrogens with zero attached hydrogens (tertiary/aromatic N) is 1. The zero-order valence-corrected chi connectivity index (χ0v) is 8.23. The van der Waals surface area contributed by atoms with Crippen molar-refractivity contribution in [2.75, 3.05) is 13.6 Å². The molecule has 1 aromatic rings. The van der Waals surface area contributed by atoms with Crippen molar-refractivity contribution in [3.63, 3.8) is 0 Å². The van der Waals surface area contributed by atoms with Crippen molar-refractivity contribution in [1.82, 2.24) is 10.3 Å². The van der Waals surface area contributed by atoms with E-state index in [-0.39, 0.29) is 5.91 Å². The normalized spacial score (nSPS) is 10.2. The van der Waals surface area contributed by atoms with Crippen molar-refractivity contribution in [2.24, 2.45) is 5.84 Å². The molecular formula is C10H15N3O. The number of nitrogens with two attached hydrogens (primary N) is 1. The van der Waals surface area contributed by atoms with E-state index in [1.165, 1.54) is 5.56 Å². The fourth-order valence-electron chi connectivity index (χ4n) is 1.24. The molecule has 1 rings (SSSR count). The molecule has 0 fully saturated rings. The molecule has 0 atom stereocenters. The Labute approximate surface area is 83.7 Å². The third kappa shape index (κ3) is 3.55. The predicted molar refractivity (Wildman–Crippen MR) is 55.1 cm³/mol. The number of hydrazine groups is 1. The van der Waals surface area contributed by atoms with Crippen molar-refractivity contribution >= 4 is 5.91 Å². The number of nitrogens with one attached hydrogen (secondary N) is 1. The minimum absolute atomic E-state index is 0.177. The van der Waals surface area contributed by atoms with Gasteiger partial charge >= 0.3 is 0 Å². The highest BCUT2D eigenvalue weighted by molar-refractivity contribution is 5.77. The van der Waals surface area contributed by atoms with Crippen LogP contribution >= 0.6 is 0 Å². The Kier molecular flexibility index (Phi) is 4.10. The van der Waals surface area contributed by atoms with Gasteiger partial charge in [-0.25, -0.2) is 5.84 Å². The molecule has 0 aliphatic heterocycles. The molecule has 0 unspecified atom stereocenters. The lowest BCUT2D eigenvalue weighted by Gasteiger charge is -2.14. The van der Waals surface area contributed by atoms with Crippen LogP contribution in [0.3, 0.4) is 0 Å². The number of rotatable bonds is 4. The van der Waals surface area contributed by atoms with E-state index in [9.17, 15) is 4.79 Å². The highest BCUT2D eigenvalue weighted by Crippen LogP contribution is 2.01. The van der Waals surface area contributed by atoms with Gasteiger partial charge in [-0.2, -0.15) is 0 Å². The van der Waals surface area contributed by atoms with E-state index in [0.717, 1.165) is 6.54 Å². The maximum absolute atomic E-state index is 10.9. The molecule has 0 saturated carbocycles. The van der Waals surface area contributed by atoms with Crippen LogP contribution in [-0.4, -0.2) is 24.4 Å². The minimum Gasteiger partial charge on any atom is -0.293 e. The van der Waals surface area contributed by atoms with Gasteiger partial charge in [0.15, 0.2) is 0 Å². The molecule has 3 N–H and O–H groups in total. The van der Waals surface area contributed by atoms with Crippen molar-refractivity contribution < 1.29 is 4.79 Å². The van der Waals surface area contributed by atoms with Gasteiger partial charge < -0.3 is 0 Å². The Morgan fingerprint density at radius 3 is 2.64 bits per heavy atom. The molecule has 0 aliphatic rings. The number of hydrogen-bond donors (Lipinski definition) is 2. The van der Waals surface area contributed by atoms with Crippen LogP contribution in [-0.2, 0) is 11.3 Å². The van der Waals surface area contributed by atoms with Gasteiger partial charge in [-0.15, -0.1) is 0 Å². The second-order valence-electron chi connectivity index (χ2n) is 3.23. The molecule has 0 bridgehead atoms. The summed E-state index contributed by atoms with van der Waals surface area (Å²) < 4.78 is 0. The standard InChI is InChI=1S/C10H15N3O/c1-13(8-10(14)12-11)7-9-5-3-2-4-6-9/h2-6H,7-8,11H2,1H3,(H,12,14). The van der Waals surface area contributed by atoms with Crippen LogP contribution in [0, 0.1) is 0 Å². The van der Waals surface area contributed by atoms with Crippen molar-refractivity contribution in [3.05, 3.63) is 35.9 Å². The highest BCUT2D eigenvalue weighted by Gasteiger charge is 2.04. The van der Waals surface area contributed by atoms with Gasteiger partial charge in [0.05, 0.1) is 6.54 Å². The van der Waals surface area contributed by atoms with E-state index in [1.54, 1.807) is 0 Å². The average Bonchev–Trinajstić information content (AvgIpc) is 2.19. The Morgan fingerprint density at radius 1 is 1.43 bits per heavy atom. The van der Waals surface area contributed by atoms with E-state index in [1.807, 2.05) is 42.3 Å². The molecule has 0 heterocycles. The Bertz CT molecular complexity index is 287. The fraction of sp³-hybridized carbons (Fsp3) is 0.300. The summed E-state index contributed by atoms with van der Waals surface area (Å²) in [6.07, 6.45) is 0. The van der Waals surface area contributed by atoms with Gasteiger partial charge in [0.1, 0.15) is 0 Å². The summed E-state index contributed by atoms with van der Waals surface area (Å²) in [6, 6.07) is 9.97. The SMILES string of the molecule is CN(CC(=O)NN)Cc1ccccc1. The summed E-state index contributed by atoms with van der Waals surface area (Å²) in [4.78, 5) is 12.8. The first-order valence-electron chi connectivity index (χ1n) is 4.44. The van der Waals surface area contributed by atoms with E-state index in [4.69, 9.17) is 5.84 Å². The van der Waals surface area contributed by atoms with Crippen molar-refractivity contribution in [3.8, 4) is 0 Å². The summed E-state index contributed by atoms with van der Waals surface area (Å²) in [5.74, 6) is 4.81. The zero-order chi connectivity index (χ0) is 10.4. The van der Waals surface area contributed by atoms with E-state index >= 15 is 0 Å². The van der Waals surface area contributed by atoms with E-state index in [0.29, 0.717) is 6.54 Å². The Morgan fingerprint density at radius 2 is 2.07 bits per heavy atom. The summed E-state index contributed by atoms with van der Waals surface area (Å²) in [5, 5.41) is 0. The average molecular weight is 193 g/mol. The molecule has 76 valence electrons. The monoisotopic (exact) mass is 193 g/mol. The molecule has 0 aromatic heterocycles. The second-order valence-corrected chi connectivity index (χ2v) is 3.23. The lowest BCUT2D eigenvalue weighted by atomic mass is 10.2. The second kappa shape index (κ2) is 5.36. The van der Waals surface area contributed by atoms with Crippen LogP contribution in [0.1, 0.15) is 5.56 Å². The van der Waals surface area contributed by atoms with Crippen LogP contribution in [0.25, 0.3) is 0 Å². The number of benzene rings is 1. The highest BCUT2D eigenvalue weighted by atomic mass is 16.2. The first-order chi connectivity index (χ1) is 6.72. The molecule has 4 heteroatoms. The molecule has 0 spiro atoms. The van der Waals surface area contributed by atoms with Gasteiger partial charge in [-0.1, -0.05) is 30.3 Å². The van der Waals surface area contributed by atoms with Gasteiger partial charge in [0, 0.05) is 6.54 Å². The number of likely N-dealkylation sites (N-methyl/N-ethyl adjacent to an activating group) is 1. The number of carbonyl (C=O) groups is 1. The smallest absolute Gasteiger partial charge is 0.248 e. The van der Waals surface area contributed by atoms with E-state index in [2.05, 4.69) is 5.43 Å². The largest absolute Gasteiger partial charge is 0.293 e. The molecule has 1 aromatic carbocycles. The number of amides is 1. The van der Waals surface area contributed by atoms with Gasteiger partial charge in [0.25, 0.3) is 0 Å². The lowest BCUT2D eigenvalue weighted by Crippen LogP contribution is -2.38. The van der Waals surface area contributed by atoms with Crippen LogP contribution in [0.2, 0.25) is 0 Å². The third-order valence-corrected chi connectivity index (χ3v) is 1.87. The summed E-state index contributed by atoms with van der Waals surface area (Å²) >= 11 is 0. The van der Waals surface area contributed by atoms with Gasteiger partial charge in [-0.3, -0.25) is 15.1 Å². The molecule has 4 nitrogen and oxygen atoms in total. The van der Waals surface area contributed by atoms with Crippen molar-refractivity contribution in [1.29, 1.82) is 0 Å². The molecular weight excluding hydrogens is 178 g/mol. The molecule has 0 saturated heterocycles. The van der Waals surface area contributed by atoms with E-state index < -0.39 is 0 Å². The zero-order valence-electron chi connectivity index (χ0n) is 8.23. The fourth-order valence-corrected chi connectivity index (χ4v) is 1.24. The molecule has 1 amide bonds. The lowest BCUT2D eigenvalue weighted by molar-refractivity contribution is -0.122. The summed E-state index contributed by atoms with van der Waals surface area (Å²) in [6.45, 7) is 1.06. The summed E-state index contributed by atoms with van der Waals surface area (Å²) in [7, 11) is 1.88.